The van der Waals surface area contributed by atoms with Crippen molar-refractivity contribution in [2.24, 2.45) is 5.92 Å². The van der Waals surface area contributed by atoms with Crippen molar-refractivity contribution in [3.8, 4) is 5.75 Å². The summed E-state index contributed by atoms with van der Waals surface area (Å²) in [4.78, 5) is 26.7. The van der Waals surface area contributed by atoms with Crippen molar-refractivity contribution in [1.82, 2.24) is 10.2 Å². The Labute approximate surface area is 184 Å². The molecule has 0 bridgehead atoms. The van der Waals surface area contributed by atoms with Crippen LogP contribution in [0.4, 0.5) is 0 Å². The van der Waals surface area contributed by atoms with Crippen LogP contribution in [-0.4, -0.2) is 42.8 Å². The molecule has 2 aliphatic heterocycles. The zero-order chi connectivity index (χ0) is 21.5. The first kappa shape index (κ1) is 21.6. The molecule has 2 heterocycles. The molecule has 2 aromatic rings. The number of nitrogens with one attached hydrogen (secondary N) is 1. The third kappa shape index (κ3) is 5.73. The van der Waals surface area contributed by atoms with Crippen LogP contribution in [0, 0.1) is 5.92 Å². The maximum absolute atomic E-state index is 12.7. The van der Waals surface area contributed by atoms with E-state index in [1.54, 1.807) is 0 Å². The van der Waals surface area contributed by atoms with E-state index in [0.29, 0.717) is 25.2 Å². The molecule has 0 aliphatic carbocycles. The molecule has 0 radical (unpaired) electrons. The molecule has 2 aliphatic rings. The van der Waals surface area contributed by atoms with Crippen molar-refractivity contribution in [1.29, 1.82) is 0 Å². The van der Waals surface area contributed by atoms with Crippen LogP contribution in [0.3, 0.4) is 0 Å². The standard InChI is InChI=1S/C26H32N2O3/c29-24-14-15-27-26(23(24)19-20-7-2-1-3-8-20)21-10-12-22(13-11-21)31-18-6-9-25(30)28-16-4-5-17-28/h1-3,7-8,10-13,23,26-27H,4-6,9,14-19H2. The molecule has 0 spiro atoms. The third-order valence-electron chi connectivity index (χ3n) is 6.35. The molecular weight excluding hydrogens is 388 g/mol. The highest BCUT2D eigenvalue weighted by Crippen LogP contribution is 2.31. The number of Topliss-reactive ketones (excluding diaryl/α,β-unsaturated/α-hetero) is 1. The molecule has 1 amide bonds. The minimum Gasteiger partial charge on any atom is -0.494 e. The van der Waals surface area contributed by atoms with Gasteiger partial charge in [0, 0.05) is 44.4 Å². The van der Waals surface area contributed by atoms with Crippen molar-refractivity contribution < 1.29 is 14.3 Å². The summed E-state index contributed by atoms with van der Waals surface area (Å²) in [5.41, 5.74) is 2.31. The van der Waals surface area contributed by atoms with Gasteiger partial charge in [0.15, 0.2) is 0 Å². The minimum absolute atomic E-state index is 0.0218. The van der Waals surface area contributed by atoms with Crippen molar-refractivity contribution in [3.63, 3.8) is 0 Å². The first-order chi connectivity index (χ1) is 15.2. The van der Waals surface area contributed by atoms with E-state index in [-0.39, 0.29) is 17.9 Å². The molecule has 164 valence electrons. The van der Waals surface area contributed by atoms with E-state index in [0.717, 1.165) is 56.6 Å². The highest BCUT2D eigenvalue weighted by atomic mass is 16.5. The fourth-order valence-electron chi connectivity index (χ4n) is 4.62. The van der Waals surface area contributed by atoms with E-state index in [9.17, 15) is 9.59 Å². The monoisotopic (exact) mass is 420 g/mol. The molecule has 2 atom stereocenters. The number of benzene rings is 2. The van der Waals surface area contributed by atoms with Gasteiger partial charge in [-0.3, -0.25) is 9.59 Å². The largest absolute Gasteiger partial charge is 0.494 e. The van der Waals surface area contributed by atoms with Gasteiger partial charge in [-0.2, -0.15) is 0 Å². The summed E-state index contributed by atoms with van der Waals surface area (Å²) in [6.07, 6.45) is 4.87. The average molecular weight is 421 g/mol. The number of carbonyl (C=O) groups excluding carboxylic acids is 2. The highest BCUT2D eigenvalue weighted by Gasteiger charge is 2.32. The van der Waals surface area contributed by atoms with Crippen LogP contribution in [0.2, 0.25) is 0 Å². The fraction of sp³-hybridized carbons (Fsp3) is 0.462. The van der Waals surface area contributed by atoms with Crippen LogP contribution in [-0.2, 0) is 16.0 Å². The van der Waals surface area contributed by atoms with Gasteiger partial charge in [0.05, 0.1) is 6.61 Å². The lowest BCUT2D eigenvalue weighted by molar-refractivity contribution is -0.130. The lowest BCUT2D eigenvalue weighted by Gasteiger charge is -2.32. The molecule has 4 rings (SSSR count). The predicted octanol–water partition coefficient (Wildman–Crippen LogP) is 3.93. The van der Waals surface area contributed by atoms with Crippen LogP contribution in [0.1, 0.15) is 49.3 Å². The number of amides is 1. The maximum atomic E-state index is 12.7. The van der Waals surface area contributed by atoms with Gasteiger partial charge in [-0.15, -0.1) is 0 Å². The van der Waals surface area contributed by atoms with Gasteiger partial charge in [-0.25, -0.2) is 0 Å². The number of rotatable bonds is 8. The van der Waals surface area contributed by atoms with E-state index >= 15 is 0 Å². The molecule has 2 saturated heterocycles. The Hall–Kier alpha value is -2.66. The van der Waals surface area contributed by atoms with Crippen molar-refractivity contribution in [3.05, 3.63) is 65.7 Å². The number of piperidine rings is 1. The van der Waals surface area contributed by atoms with Crippen LogP contribution < -0.4 is 10.1 Å². The lowest BCUT2D eigenvalue weighted by atomic mass is 9.81. The Morgan fingerprint density at radius 2 is 1.77 bits per heavy atom. The summed E-state index contributed by atoms with van der Waals surface area (Å²) in [5.74, 6) is 1.32. The topological polar surface area (TPSA) is 58.6 Å². The van der Waals surface area contributed by atoms with Gasteiger partial charge in [0.1, 0.15) is 11.5 Å². The Balaban J connectivity index is 1.30. The minimum atomic E-state index is -0.0560. The molecule has 31 heavy (non-hydrogen) atoms. The molecule has 2 unspecified atom stereocenters. The molecule has 5 nitrogen and oxygen atoms in total. The highest BCUT2D eigenvalue weighted by molar-refractivity contribution is 5.83. The second kappa shape index (κ2) is 10.6. The summed E-state index contributed by atoms with van der Waals surface area (Å²) in [6, 6.07) is 18.3. The van der Waals surface area contributed by atoms with Gasteiger partial charge in [-0.05, 0) is 48.9 Å². The molecular formula is C26H32N2O3. The molecule has 0 aromatic heterocycles. The quantitative estimate of drug-likeness (QED) is 0.658. The number of hydrogen-bond donors (Lipinski definition) is 1. The first-order valence-electron chi connectivity index (χ1n) is 11.5. The van der Waals surface area contributed by atoms with Crippen LogP contribution in [0.25, 0.3) is 0 Å². The van der Waals surface area contributed by atoms with E-state index in [1.165, 1.54) is 5.56 Å². The number of ketones is 1. The first-order valence-corrected chi connectivity index (χ1v) is 11.5. The SMILES string of the molecule is O=C1CCNC(c2ccc(OCCCC(=O)N3CCCC3)cc2)C1Cc1ccccc1. The number of nitrogens with zero attached hydrogens (tertiary/aromatic N) is 1. The van der Waals surface area contributed by atoms with Crippen molar-refractivity contribution in [2.75, 3.05) is 26.2 Å². The lowest BCUT2D eigenvalue weighted by Crippen LogP contribution is -2.41. The van der Waals surface area contributed by atoms with Gasteiger partial charge >= 0.3 is 0 Å². The molecule has 1 N–H and O–H groups in total. The van der Waals surface area contributed by atoms with Crippen LogP contribution >= 0.6 is 0 Å². The molecule has 5 heteroatoms. The van der Waals surface area contributed by atoms with Gasteiger partial charge < -0.3 is 15.0 Å². The Morgan fingerprint density at radius 1 is 1.03 bits per heavy atom. The summed E-state index contributed by atoms with van der Waals surface area (Å²) < 4.78 is 5.85. The van der Waals surface area contributed by atoms with E-state index in [1.807, 2.05) is 35.2 Å². The molecule has 2 fully saturated rings. The average Bonchev–Trinajstić information content (AvgIpc) is 3.34. The molecule has 0 saturated carbocycles. The van der Waals surface area contributed by atoms with E-state index in [2.05, 4.69) is 29.6 Å². The van der Waals surface area contributed by atoms with Crippen molar-refractivity contribution in [2.45, 2.75) is 44.6 Å². The van der Waals surface area contributed by atoms with Crippen molar-refractivity contribution >= 4 is 11.7 Å². The summed E-state index contributed by atoms with van der Waals surface area (Å²) >= 11 is 0. The van der Waals surface area contributed by atoms with E-state index < -0.39 is 0 Å². The normalized spacial score (nSPS) is 21.3. The summed E-state index contributed by atoms with van der Waals surface area (Å²) in [5, 5.41) is 3.54. The Morgan fingerprint density at radius 3 is 2.52 bits per heavy atom. The molecule has 2 aromatic carbocycles. The van der Waals surface area contributed by atoms with E-state index in [4.69, 9.17) is 4.74 Å². The maximum Gasteiger partial charge on any atom is 0.222 e. The Bertz CT molecular complexity index is 860. The van der Waals surface area contributed by atoms with Crippen LogP contribution in [0.15, 0.2) is 54.6 Å². The Kier molecular flexibility index (Phi) is 7.36. The predicted molar refractivity (Wildman–Crippen MR) is 121 cm³/mol. The van der Waals surface area contributed by atoms with Gasteiger partial charge in [-0.1, -0.05) is 42.5 Å². The number of likely N-dealkylation sites (tertiary alicyclic amines) is 1. The zero-order valence-electron chi connectivity index (χ0n) is 18.1. The second-order valence-corrected chi connectivity index (χ2v) is 8.55. The fourth-order valence-corrected chi connectivity index (χ4v) is 4.62. The van der Waals surface area contributed by atoms with Gasteiger partial charge in [0.25, 0.3) is 0 Å². The smallest absolute Gasteiger partial charge is 0.222 e. The van der Waals surface area contributed by atoms with Crippen LogP contribution in [0.5, 0.6) is 5.75 Å². The number of carbonyl (C=O) groups is 2. The summed E-state index contributed by atoms with van der Waals surface area (Å²) in [7, 11) is 0. The zero-order valence-corrected chi connectivity index (χ0v) is 18.1. The van der Waals surface area contributed by atoms with Gasteiger partial charge in [0.2, 0.25) is 5.91 Å². The third-order valence-corrected chi connectivity index (χ3v) is 6.35. The summed E-state index contributed by atoms with van der Waals surface area (Å²) in [6.45, 7) is 3.07. The number of ether oxygens (including phenoxy) is 1. The number of hydrogen-bond acceptors (Lipinski definition) is 4. The second-order valence-electron chi connectivity index (χ2n) is 8.55.